The summed E-state index contributed by atoms with van der Waals surface area (Å²) in [7, 11) is 0. The number of nitrogens with one attached hydrogen (secondary N) is 1. The highest BCUT2D eigenvalue weighted by Crippen LogP contribution is 2.08. The molecule has 0 amide bonds. The zero-order chi connectivity index (χ0) is 8.97. The fourth-order valence-corrected chi connectivity index (χ4v) is 1.20. The van der Waals surface area contributed by atoms with E-state index >= 15 is 0 Å². The first-order chi connectivity index (χ1) is 5.72. The maximum absolute atomic E-state index is 7.20. The van der Waals surface area contributed by atoms with Crippen molar-refractivity contribution in [3.05, 3.63) is 35.4 Å². The first-order valence-corrected chi connectivity index (χ1v) is 4.42. The first kappa shape index (κ1) is 9.27. The minimum atomic E-state index is 0.479. The fraction of sp³-hybridized carbons (Fsp3) is 0.455. The van der Waals surface area contributed by atoms with Gasteiger partial charge in [0.05, 0.1) is 0 Å². The summed E-state index contributed by atoms with van der Waals surface area (Å²) >= 11 is 0. The predicted molar refractivity (Wildman–Crippen MR) is 52.0 cm³/mol. The van der Waals surface area contributed by atoms with Crippen molar-refractivity contribution >= 4 is 0 Å². The van der Waals surface area contributed by atoms with Crippen LogP contribution >= 0.6 is 0 Å². The normalized spacial score (nSPS) is 12.9. The van der Waals surface area contributed by atoms with Gasteiger partial charge in [-0.15, -0.1) is 0 Å². The van der Waals surface area contributed by atoms with Crippen molar-refractivity contribution in [1.82, 2.24) is 5.73 Å². The highest BCUT2D eigenvalue weighted by Gasteiger charge is 2.00. The van der Waals surface area contributed by atoms with Crippen LogP contribution in [0.3, 0.4) is 0 Å². The monoisotopic (exact) mass is 162 g/mol. The molecule has 1 radical (unpaired) electrons. The van der Waals surface area contributed by atoms with E-state index in [4.69, 9.17) is 5.73 Å². The van der Waals surface area contributed by atoms with E-state index in [2.05, 4.69) is 38.1 Å². The molecule has 1 aromatic rings. The van der Waals surface area contributed by atoms with Crippen LogP contribution in [0, 0.1) is 12.8 Å². The summed E-state index contributed by atoms with van der Waals surface area (Å²) in [4.78, 5) is 0. The smallest absolute Gasteiger partial charge is 0.0129 e. The van der Waals surface area contributed by atoms with E-state index in [-0.39, 0.29) is 0 Å². The van der Waals surface area contributed by atoms with E-state index in [1.807, 2.05) is 0 Å². The summed E-state index contributed by atoms with van der Waals surface area (Å²) in [6.45, 7) is 4.73. The van der Waals surface area contributed by atoms with Gasteiger partial charge in [-0.3, -0.25) is 5.73 Å². The van der Waals surface area contributed by atoms with Gasteiger partial charge in [0.1, 0.15) is 0 Å². The molecule has 0 aliphatic carbocycles. The number of hydrogen-bond donors (Lipinski definition) is 0. The molecular formula is C11H16N. The zero-order valence-electron chi connectivity index (χ0n) is 7.80. The van der Waals surface area contributed by atoms with E-state index in [0.717, 1.165) is 6.42 Å². The van der Waals surface area contributed by atoms with Crippen molar-refractivity contribution in [1.29, 1.82) is 0 Å². The average molecular weight is 162 g/mol. The number of aryl methyl sites for hydroxylation is 1. The second-order valence-corrected chi connectivity index (χ2v) is 3.50. The molecule has 1 rings (SSSR count). The molecule has 1 heteroatoms. The highest BCUT2D eigenvalue weighted by molar-refractivity contribution is 5.21. The second kappa shape index (κ2) is 4.27. The first-order valence-electron chi connectivity index (χ1n) is 4.42. The van der Waals surface area contributed by atoms with Gasteiger partial charge in [-0.25, -0.2) is 0 Å². The maximum Gasteiger partial charge on any atom is 0.0129 e. The van der Waals surface area contributed by atoms with Gasteiger partial charge in [-0.1, -0.05) is 36.8 Å². The van der Waals surface area contributed by atoms with Crippen LogP contribution < -0.4 is 5.73 Å². The molecule has 0 saturated carbocycles. The van der Waals surface area contributed by atoms with Gasteiger partial charge in [0.25, 0.3) is 0 Å². The molecule has 12 heavy (non-hydrogen) atoms. The van der Waals surface area contributed by atoms with Crippen molar-refractivity contribution < 1.29 is 0 Å². The minimum absolute atomic E-state index is 0.479. The maximum atomic E-state index is 7.20. The Kier molecular flexibility index (Phi) is 3.30. The van der Waals surface area contributed by atoms with Crippen molar-refractivity contribution in [3.63, 3.8) is 0 Å². The molecule has 1 unspecified atom stereocenters. The molecule has 0 aliphatic heterocycles. The predicted octanol–water partition coefficient (Wildman–Crippen LogP) is 2.46. The standard InChI is InChI=1S/C11H16N/c1-9-3-5-11(6-4-9)7-10(2)8-12/h3-6,10,12H,7-8H2,1-2H3. The molecule has 1 atom stereocenters. The lowest BCUT2D eigenvalue weighted by Crippen LogP contribution is -2.05. The van der Waals surface area contributed by atoms with Crippen LogP contribution in [0.1, 0.15) is 18.1 Å². The summed E-state index contributed by atoms with van der Waals surface area (Å²) in [6.07, 6.45) is 1.03. The topological polar surface area (TPSA) is 23.8 Å². The number of benzene rings is 1. The number of hydrogen-bond acceptors (Lipinski definition) is 0. The lowest BCUT2D eigenvalue weighted by Gasteiger charge is -2.07. The van der Waals surface area contributed by atoms with Crippen molar-refractivity contribution in [3.8, 4) is 0 Å². The van der Waals surface area contributed by atoms with Crippen LogP contribution in [-0.4, -0.2) is 6.54 Å². The Morgan fingerprint density at radius 1 is 1.25 bits per heavy atom. The van der Waals surface area contributed by atoms with Gasteiger partial charge in [0, 0.05) is 6.54 Å². The fourth-order valence-electron chi connectivity index (χ4n) is 1.20. The molecule has 0 spiro atoms. The second-order valence-electron chi connectivity index (χ2n) is 3.50. The van der Waals surface area contributed by atoms with E-state index in [1.165, 1.54) is 11.1 Å². The van der Waals surface area contributed by atoms with Crippen LogP contribution in [-0.2, 0) is 6.42 Å². The van der Waals surface area contributed by atoms with E-state index in [9.17, 15) is 0 Å². The Balaban J connectivity index is 2.58. The summed E-state index contributed by atoms with van der Waals surface area (Å²) in [5.41, 5.74) is 9.85. The summed E-state index contributed by atoms with van der Waals surface area (Å²) in [5.74, 6) is 0.479. The zero-order valence-corrected chi connectivity index (χ0v) is 7.80. The number of rotatable bonds is 3. The molecular weight excluding hydrogens is 146 g/mol. The molecule has 1 nitrogen and oxygen atoms in total. The summed E-state index contributed by atoms with van der Waals surface area (Å²) < 4.78 is 0. The lowest BCUT2D eigenvalue weighted by molar-refractivity contribution is 0.584. The molecule has 1 aromatic carbocycles. The quantitative estimate of drug-likeness (QED) is 0.652. The van der Waals surface area contributed by atoms with Gasteiger partial charge in [0.15, 0.2) is 0 Å². The largest absolute Gasteiger partial charge is 0.258 e. The van der Waals surface area contributed by atoms with E-state index in [1.54, 1.807) is 0 Å². The van der Waals surface area contributed by atoms with Crippen LogP contribution in [0.15, 0.2) is 24.3 Å². The lowest BCUT2D eigenvalue weighted by atomic mass is 10.0. The third-order valence-electron chi connectivity index (χ3n) is 2.05. The Bertz CT molecular complexity index is 225. The third kappa shape index (κ3) is 2.67. The van der Waals surface area contributed by atoms with Gasteiger partial charge in [-0.05, 0) is 24.8 Å². The Morgan fingerprint density at radius 2 is 1.83 bits per heavy atom. The van der Waals surface area contributed by atoms with Crippen molar-refractivity contribution in [2.75, 3.05) is 6.54 Å². The third-order valence-corrected chi connectivity index (χ3v) is 2.05. The van der Waals surface area contributed by atoms with Crippen molar-refractivity contribution in [2.45, 2.75) is 20.3 Å². The minimum Gasteiger partial charge on any atom is -0.258 e. The van der Waals surface area contributed by atoms with Crippen LogP contribution in [0.4, 0.5) is 0 Å². The van der Waals surface area contributed by atoms with Crippen LogP contribution in [0.2, 0.25) is 0 Å². The SMILES string of the molecule is Cc1ccc(CC(C)C[NH])cc1. The average Bonchev–Trinajstić information content (AvgIpc) is 2.09. The van der Waals surface area contributed by atoms with Gasteiger partial charge < -0.3 is 0 Å². The van der Waals surface area contributed by atoms with Gasteiger partial charge in [-0.2, -0.15) is 0 Å². The molecule has 0 aromatic heterocycles. The van der Waals surface area contributed by atoms with E-state index < -0.39 is 0 Å². The molecule has 65 valence electrons. The summed E-state index contributed by atoms with van der Waals surface area (Å²) in [5, 5.41) is 0. The Labute approximate surface area is 74.6 Å². The molecule has 0 saturated heterocycles. The van der Waals surface area contributed by atoms with Gasteiger partial charge in [0.2, 0.25) is 0 Å². The van der Waals surface area contributed by atoms with E-state index in [0.29, 0.717) is 12.5 Å². The molecule has 1 N–H and O–H groups in total. The van der Waals surface area contributed by atoms with Crippen molar-refractivity contribution in [2.24, 2.45) is 5.92 Å². The van der Waals surface area contributed by atoms with Gasteiger partial charge >= 0.3 is 0 Å². The van der Waals surface area contributed by atoms with Crippen LogP contribution in [0.5, 0.6) is 0 Å². The Morgan fingerprint density at radius 3 is 2.33 bits per heavy atom. The molecule has 0 bridgehead atoms. The molecule has 0 aliphatic rings. The van der Waals surface area contributed by atoms with Crippen LogP contribution in [0.25, 0.3) is 0 Å². The Hall–Kier alpha value is -0.820. The molecule has 0 heterocycles. The summed E-state index contributed by atoms with van der Waals surface area (Å²) in [6, 6.07) is 8.57. The molecule has 0 fully saturated rings. The highest BCUT2D eigenvalue weighted by atomic mass is 14.5.